The number of halogens is 1. The van der Waals surface area contributed by atoms with Crippen LogP contribution in [0.1, 0.15) is 18.9 Å². The summed E-state index contributed by atoms with van der Waals surface area (Å²) in [6.07, 6.45) is 9.48. The van der Waals surface area contributed by atoms with E-state index in [1.165, 1.54) is 0 Å². The largest absolute Gasteiger partial charge is 0.497 e. The third-order valence-electron chi connectivity index (χ3n) is 5.18. The minimum atomic E-state index is 0. The number of anilines is 2. The fraction of sp³-hybridized carbons (Fsp3) is 0.300. The first-order chi connectivity index (χ1) is 14.3. The summed E-state index contributed by atoms with van der Waals surface area (Å²) in [7, 11) is 1.65. The third kappa shape index (κ3) is 3.94. The number of imidazole rings is 1. The van der Waals surface area contributed by atoms with E-state index in [1.54, 1.807) is 19.6 Å². The number of methoxy groups -OCH3 is 1. The second-order valence-corrected chi connectivity index (χ2v) is 7.03. The van der Waals surface area contributed by atoms with Crippen molar-refractivity contribution in [3.05, 3.63) is 49.2 Å². The Kier molecular flexibility index (Phi) is 5.82. The van der Waals surface area contributed by atoms with Crippen molar-refractivity contribution in [2.24, 2.45) is 0 Å². The summed E-state index contributed by atoms with van der Waals surface area (Å²) in [5.74, 6) is 1.32. The van der Waals surface area contributed by atoms with Crippen LogP contribution >= 0.6 is 12.4 Å². The van der Waals surface area contributed by atoms with Crippen molar-refractivity contribution in [3.8, 4) is 11.4 Å². The molecule has 3 aromatic heterocycles. The Bertz CT molecular complexity index is 1120. The molecule has 1 fully saturated rings. The molecule has 30 heavy (non-hydrogen) atoms. The Hall–Kier alpha value is -3.17. The van der Waals surface area contributed by atoms with Crippen LogP contribution in [0.3, 0.4) is 0 Å². The highest BCUT2D eigenvalue weighted by atomic mass is 35.5. The third-order valence-corrected chi connectivity index (χ3v) is 5.18. The molecule has 0 bridgehead atoms. The normalized spacial score (nSPS) is 14.4. The Labute approximate surface area is 179 Å². The Morgan fingerprint density at radius 3 is 2.67 bits per heavy atom. The first kappa shape index (κ1) is 20.1. The Morgan fingerprint density at radius 2 is 1.90 bits per heavy atom. The van der Waals surface area contributed by atoms with Crippen LogP contribution in [0.15, 0.2) is 49.2 Å². The van der Waals surface area contributed by atoms with Crippen LogP contribution in [0.2, 0.25) is 0 Å². The van der Waals surface area contributed by atoms with E-state index in [-0.39, 0.29) is 12.4 Å². The van der Waals surface area contributed by atoms with Crippen LogP contribution in [0.25, 0.3) is 16.9 Å². The van der Waals surface area contributed by atoms with Crippen molar-refractivity contribution >= 4 is 35.2 Å². The molecule has 0 saturated carbocycles. The van der Waals surface area contributed by atoms with Gasteiger partial charge in [-0.2, -0.15) is 10.1 Å². The lowest BCUT2D eigenvalue weighted by atomic mass is 10.1. The summed E-state index contributed by atoms with van der Waals surface area (Å²) < 4.78 is 9.20. The number of nitrogens with one attached hydrogen (secondary N) is 2. The lowest BCUT2D eigenvalue weighted by Crippen LogP contribution is -2.29. The van der Waals surface area contributed by atoms with Crippen LogP contribution in [0, 0.1) is 0 Å². The zero-order valence-corrected chi connectivity index (χ0v) is 17.3. The highest BCUT2D eigenvalue weighted by molar-refractivity contribution is 5.85. The minimum Gasteiger partial charge on any atom is -0.497 e. The number of benzene rings is 1. The molecule has 0 amide bonds. The molecule has 0 radical (unpaired) electrons. The van der Waals surface area contributed by atoms with Crippen LogP contribution < -0.4 is 15.4 Å². The lowest BCUT2D eigenvalue weighted by molar-refractivity contribution is 0.343. The molecule has 1 saturated heterocycles. The molecule has 1 aliphatic rings. The average Bonchev–Trinajstić information content (AvgIpc) is 3.41. The molecular weight excluding hydrogens is 404 g/mol. The average molecular weight is 427 g/mol. The van der Waals surface area contributed by atoms with Crippen molar-refractivity contribution in [2.45, 2.75) is 18.9 Å². The van der Waals surface area contributed by atoms with E-state index in [1.807, 2.05) is 45.9 Å². The number of nitrogens with zero attached hydrogens (tertiary/aromatic N) is 6. The minimum absolute atomic E-state index is 0. The van der Waals surface area contributed by atoms with Crippen molar-refractivity contribution in [1.29, 1.82) is 0 Å². The van der Waals surface area contributed by atoms with Crippen molar-refractivity contribution in [2.75, 3.05) is 25.5 Å². The molecule has 4 heterocycles. The molecule has 0 atom stereocenters. The molecule has 4 aromatic rings. The van der Waals surface area contributed by atoms with Crippen molar-refractivity contribution < 1.29 is 4.74 Å². The van der Waals surface area contributed by atoms with Gasteiger partial charge in [-0.1, -0.05) is 0 Å². The van der Waals surface area contributed by atoms with Crippen LogP contribution in [-0.2, 0) is 0 Å². The van der Waals surface area contributed by atoms with E-state index in [4.69, 9.17) is 4.74 Å². The summed E-state index contributed by atoms with van der Waals surface area (Å²) in [5, 5.41) is 11.1. The van der Waals surface area contributed by atoms with Gasteiger partial charge in [0.15, 0.2) is 5.65 Å². The van der Waals surface area contributed by atoms with Crippen molar-refractivity contribution in [1.82, 2.24) is 34.6 Å². The number of piperidine rings is 1. The fourth-order valence-corrected chi connectivity index (χ4v) is 3.60. The smallest absolute Gasteiger partial charge is 0.229 e. The highest BCUT2D eigenvalue weighted by Crippen LogP contribution is 2.23. The Balaban J connectivity index is 0.00000218. The number of rotatable bonds is 5. The Morgan fingerprint density at radius 1 is 1.10 bits per heavy atom. The first-order valence-electron chi connectivity index (χ1n) is 9.66. The number of hydrogen-bond acceptors (Lipinski definition) is 7. The molecule has 156 valence electrons. The molecule has 9 nitrogen and oxygen atoms in total. The van der Waals surface area contributed by atoms with Crippen LogP contribution in [0.5, 0.6) is 5.75 Å². The maximum atomic E-state index is 5.23. The summed E-state index contributed by atoms with van der Waals surface area (Å²) in [5.41, 5.74) is 3.30. The summed E-state index contributed by atoms with van der Waals surface area (Å²) in [6, 6.07) is 8.20. The van der Waals surface area contributed by atoms with Gasteiger partial charge in [0, 0.05) is 11.9 Å². The van der Waals surface area contributed by atoms with E-state index in [0.29, 0.717) is 12.0 Å². The predicted molar refractivity (Wildman–Crippen MR) is 117 cm³/mol. The molecule has 1 aromatic carbocycles. The van der Waals surface area contributed by atoms with Gasteiger partial charge in [-0.05, 0) is 50.2 Å². The van der Waals surface area contributed by atoms with E-state index >= 15 is 0 Å². The second kappa shape index (κ2) is 8.68. The maximum absolute atomic E-state index is 5.23. The van der Waals surface area contributed by atoms with Gasteiger partial charge in [0.2, 0.25) is 5.95 Å². The van der Waals surface area contributed by atoms with Gasteiger partial charge in [0.1, 0.15) is 17.6 Å². The molecule has 0 aliphatic carbocycles. The first-order valence-corrected chi connectivity index (χ1v) is 9.66. The van der Waals surface area contributed by atoms with Crippen LogP contribution in [-0.4, -0.2) is 49.5 Å². The molecular formula is C20H23ClN8O. The van der Waals surface area contributed by atoms with Gasteiger partial charge in [-0.25, -0.2) is 9.97 Å². The molecule has 0 unspecified atom stereocenters. The highest BCUT2D eigenvalue weighted by Gasteiger charge is 2.16. The zero-order valence-electron chi connectivity index (χ0n) is 16.5. The van der Waals surface area contributed by atoms with Gasteiger partial charge in [0.05, 0.1) is 31.2 Å². The number of aromatic nitrogens is 6. The zero-order chi connectivity index (χ0) is 19.6. The van der Waals surface area contributed by atoms with Gasteiger partial charge in [0.25, 0.3) is 0 Å². The molecule has 2 N–H and O–H groups in total. The number of ether oxygens (including phenoxy) is 1. The van der Waals surface area contributed by atoms with Gasteiger partial charge in [-0.15, -0.1) is 12.4 Å². The monoisotopic (exact) mass is 426 g/mol. The summed E-state index contributed by atoms with van der Waals surface area (Å²) in [6.45, 7) is 2.06. The van der Waals surface area contributed by atoms with Gasteiger partial charge < -0.3 is 15.4 Å². The molecule has 1 aliphatic heterocycles. The number of fused-ring (bicyclic) bond motifs is 1. The fourth-order valence-electron chi connectivity index (χ4n) is 3.60. The van der Waals surface area contributed by atoms with E-state index in [2.05, 4.69) is 30.7 Å². The molecule has 0 spiro atoms. The number of hydrogen-bond donors (Lipinski definition) is 2. The second-order valence-electron chi connectivity index (χ2n) is 7.03. The summed E-state index contributed by atoms with van der Waals surface area (Å²) in [4.78, 5) is 13.5. The van der Waals surface area contributed by atoms with E-state index < -0.39 is 0 Å². The van der Waals surface area contributed by atoms with E-state index in [0.717, 1.165) is 54.2 Å². The standard InChI is InChI=1S/C20H22N8O.ClH/c1-29-17-4-2-15(3-5-17)27-13-23-18-11-22-20(26-19(18)27)25-14-10-24-28(12-14)16-6-8-21-9-7-16;/h2-5,10-13,16,21H,6-9H2,1H3,(H,22,25,26);1H. The summed E-state index contributed by atoms with van der Waals surface area (Å²) >= 11 is 0. The maximum Gasteiger partial charge on any atom is 0.229 e. The van der Waals surface area contributed by atoms with Gasteiger partial charge in [-0.3, -0.25) is 9.25 Å². The van der Waals surface area contributed by atoms with E-state index in [9.17, 15) is 0 Å². The topological polar surface area (TPSA) is 94.7 Å². The van der Waals surface area contributed by atoms with Crippen LogP contribution in [0.4, 0.5) is 11.6 Å². The molecule has 5 rings (SSSR count). The molecule has 10 heteroatoms. The quantitative estimate of drug-likeness (QED) is 0.506. The van der Waals surface area contributed by atoms with Gasteiger partial charge >= 0.3 is 0 Å². The predicted octanol–water partition coefficient (Wildman–Crippen LogP) is 3.11. The lowest BCUT2D eigenvalue weighted by Gasteiger charge is -2.22. The SMILES string of the molecule is COc1ccc(-n2cnc3cnc(Nc4cnn(C5CCNCC5)c4)nc32)cc1.Cl. The van der Waals surface area contributed by atoms with Crippen molar-refractivity contribution in [3.63, 3.8) is 0 Å².